The van der Waals surface area contributed by atoms with Crippen LogP contribution >= 0.6 is 0 Å². The number of aromatic nitrogens is 5. The van der Waals surface area contributed by atoms with E-state index in [0.29, 0.717) is 34.6 Å². The zero-order valence-electron chi connectivity index (χ0n) is 21.8. The summed E-state index contributed by atoms with van der Waals surface area (Å²) in [5, 5.41) is 21.4. The van der Waals surface area contributed by atoms with E-state index in [2.05, 4.69) is 36.5 Å². The van der Waals surface area contributed by atoms with Crippen LogP contribution in [0.3, 0.4) is 0 Å². The SMILES string of the molecule is Cc1ncc(-c2ccnc(C(C)(C)C#N)c2)nc1-c1nnc(-c2ccc(NCCN3CCOCC3)cc2)o1. The molecule has 1 N–H and O–H groups in total. The predicted molar refractivity (Wildman–Crippen MR) is 143 cm³/mol. The molecule has 0 amide bonds. The summed E-state index contributed by atoms with van der Waals surface area (Å²) in [6.07, 6.45) is 3.37. The smallest absolute Gasteiger partial charge is 0.268 e. The molecule has 0 unspecified atom stereocenters. The molecule has 1 aliphatic heterocycles. The molecule has 1 aromatic carbocycles. The summed E-state index contributed by atoms with van der Waals surface area (Å²) in [5.74, 6) is 0.708. The number of hydrogen-bond acceptors (Lipinski definition) is 10. The van der Waals surface area contributed by atoms with Crippen LogP contribution in [0.1, 0.15) is 25.2 Å². The van der Waals surface area contributed by atoms with Gasteiger partial charge >= 0.3 is 0 Å². The van der Waals surface area contributed by atoms with Gasteiger partial charge in [0.15, 0.2) is 0 Å². The zero-order chi connectivity index (χ0) is 26.5. The molecular formula is C28H30N8O2. The van der Waals surface area contributed by atoms with Gasteiger partial charge in [-0.1, -0.05) is 0 Å². The highest BCUT2D eigenvalue weighted by molar-refractivity contribution is 5.64. The first-order valence-electron chi connectivity index (χ1n) is 12.6. The van der Waals surface area contributed by atoms with Gasteiger partial charge < -0.3 is 14.5 Å². The Morgan fingerprint density at radius 1 is 1.03 bits per heavy atom. The van der Waals surface area contributed by atoms with Crippen molar-refractivity contribution in [2.75, 3.05) is 44.7 Å². The standard InChI is InChI=1S/C28H30N8O2/c1-19-25(33-23(17-32-19)21-8-9-31-24(16-21)28(2,3)18-29)27-35-34-26(38-27)20-4-6-22(7-5-20)30-10-11-36-12-14-37-15-13-36/h4-9,16-17,30H,10-15H2,1-3H3. The normalized spacial score (nSPS) is 14.3. The van der Waals surface area contributed by atoms with Crippen molar-refractivity contribution in [1.82, 2.24) is 30.0 Å². The molecule has 0 radical (unpaired) electrons. The number of ether oxygens (including phenoxy) is 1. The Bertz CT molecular complexity index is 1440. The second kappa shape index (κ2) is 11.0. The zero-order valence-corrected chi connectivity index (χ0v) is 21.8. The van der Waals surface area contributed by atoms with E-state index in [1.807, 2.05) is 57.2 Å². The fourth-order valence-corrected chi connectivity index (χ4v) is 4.13. The van der Waals surface area contributed by atoms with Crippen LogP contribution in [0.4, 0.5) is 5.69 Å². The molecule has 5 rings (SSSR count). The number of pyridine rings is 1. The lowest BCUT2D eigenvalue weighted by atomic mass is 9.90. The number of hydrogen-bond donors (Lipinski definition) is 1. The summed E-state index contributed by atoms with van der Waals surface area (Å²) in [4.78, 5) is 16.0. The van der Waals surface area contributed by atoms with Crippen LogP contribution in [0.5, 0.6) is 0 Å². The summed E-state index contributed by atoms with van der Waals surface area (Å²) in [5.41, 5.74) is 4.44. The average molecular weight is 511 g/mol. The molecule has 0 atom stereocenters. The van der Waals surface area contributed by atoms with Crippen molar-refractivity contribution >= 4 is 5.69 Å². The Labute approximate surface area is 221 Å². The fourth-order valence-electron chi connectivity index (χ4n) is 4.13. The quantitative estimate of drug-likeness (QED) is 0.370. The fraction of sp³-hybridized carbons (Fsp3) is 0.357. The van der Waals surface area contributed by atoms with E-state index >= 15 is 0 Å². The molecule has 1 saturated heterocycles. The van der Waals surface area contributed by atoms with Crippen LogP contribution in [-0.4, -0.2) is 69.4 Å². The Hall–Kier alpha value is -4.20. The number of aryl methyl sites for hydroxylation is 1. The number of rotatable bonds is 8. The molecule has 0 bridgehead atoms. The molecule has 4 aromatic rings. The molecule has 3 aromatic heterocycles. The lowest BCUT2D eigenvalue weighted by molar-refractivity contribution is 0.0398. The van der Waals surface area contributed by atoms with Crippen LogP contribution in [0, 0.1) is 18.3 Å². The van der Waals surface area contributed by atoms with E-state index in [1.165, 1.54) is 0 Å². The van der Waals surface area contributed by atoms with Crippen molar-refractivity contribution in [1.29, 1.82) is 5.26 Å². The first kappa shape index (κ1) is 25.4. The Morgan fingerprint density at radius 2 is 1.79 bits per heavy atom. The molecular weight excluding hydrogens is 480 g/mol. The van der Waals surface area contributed by atoms with Crippen molar-refractivity contribution in [3.05, 3.63) is 60.2 Å². The molecule has 0 spiro atoms. The second-order valence-electron chi connectivity index (χ2n) is 9.73. The van der Waals surface area contributed by atoms with E-state index in [-0.39, 0.29) is 0 Å². The average Bonchev–Trinajstić information content (AvgIpc) is 3.44. The summed E-state index contributed by atoms with van der Waals surface area (Å²) < 4.78 is 11.4. The highest BCUT2D eigenvalue weighted by Gasteiger charge is 2.22. The van der Waals surface area contributed by atoms with Gasteiger partial charge in [-0.25, -0.2) is 4.98 Å². The summed E-state index contributed by atoms with van der Waals surface area (Å²) >= 11 is 0. The van der Waals surface area contributed by atoms with Crippen LogP contribution in [0.25, 0.3) is 34.3 Å². The van der Waals surface area contributed by atoms with Gasteiger partial charge in [-0.05, 0) is 57.2 Å². The van der Waals surface area contributed by atoms with Gasteiger partial charge in [0.2, 0.25) is 5.89 Å². The molecule has 194 valence electrons. The molecule has 0 saturated carbocycles. The van der Waals surface area contributed by atoms with E-state index < -0.39 is 5.41 Å². The number of nitrogens with one attached hydrogen (secondary N) is 1. The van der Waals surface area contributed by atoms with E-state index in [9.17, 15) is 5.26 Å². The summed E-state index contributed by atoms with van der Waals surface area (Å²) in [6.45, 7) is 10.9. The van der Waals surface area contributed by atoms with Gasteiger partial charge in [0.05, 0.1) is 48.0 Å². The van der Waals surface area contributed by atoms with Crippen molar-refractivity contribution in [3.63, 3.8) is 0 Å². The Kier molecular flexibility index (Phi) is 7.40. The highest BCUT2D eigenvalue weighted by atomic mass is 16.5. The minimum absolute atomic E-state index is 0.297. The first-order chi connectivity index (χ1) is 18.4. The number of nitrogens with zero attached hydrogens (tertiary/aromatic N) is 7. The predicted octanol–water partition coefficient (Wildman–Crippen LogP) is 4.11. The maximum atomic E-state index is 9.48. The third-order valence-corrected chi connectivity index (χ3v) is 6.55. The highest BCUT2D eigenvalue weighted by Crippen LogP contribution is 2.29. The van der Waals surface area contributed by atoms with Crippen LogP contribution in [-0.2, 0) is 10.2 Å². The van der Waals surface area contributed by atoms with Gasteiger partial charge in [-0.15, -0.1) is 10.2 Å². The van der Waals surface area contributed by atoms with Crippen molar-refractivity contribution in [2.45, 2.75) is 26.2 Å². The molecule has 10 heteroatoms. The van der Waals surface area contributed by atoms with Crippen LogP contribution < -0.4 is 5.32 Å². The maximum Gasteiger partial charge on any atom is 0.268 e. The molecule has 4 heterocycles. The van der Waals surface area contributed by atoms with Crippen molar-refractivity contribution in [2.24, 2.45) is 0 Å². The minimum Gasteiger partial charge on any atom is -0.415 e. The van der Waals surface area contributed by atoms with Gasteiger partial charge in [0.1, 0.15) is 5.69 Å². The molecule has 10 nitrogen and oxygen atoms in total. The second-order valence-corrected chi connectivity index (χ2v) is 9.73. The summed E-state index contributed by atoms with van der Waals surface area (Å²) in [6, 6.07) is 13.9. The van der Waals surface area contributed by atoms with Crippen LogP contribution in [0.15, 0.2) is 53.2 Å². The van der Waals surface area contributed by atoms with Gasteiger partial charge in [0, 0.05) is 49.2 Å². The monoisotopic (exact) mass is 510 g/mol. The largest absolute Gasteiger partial charge is 0.415 e. The van der Waals surface area contributed by atoms with Gasteiger partial charge in [-0.2, -0.15) is 5.26 Å². The summed E-state index contributed by atoms with van der Waals surface area (Å²) in [7, 11) is 0. The molecule has 0 aliphatic carbocycles. The lowest BCUT2D eigenvalue weighted by Gasteiger charge is -2.26. The van der Waals surface area contributed by atoms with E-state index in [4.69, 9.17) is 14.1 Å². The third kappa shape index (κ3) is 5.69. The molecule has 38 heavy (non-hydrogen) atoms. The lowest BCUT2D eigenvalue weighted by Crippen LogP contribution is -2.38. The minimum atomic E-state index is -0.716. The third-order valence-electron chi connectivity index (χ3n) is 6.55. The van der Waals surface area contributed by atoms with E-state index in [0.717, 1.165) is 56.2 Å². The van der Waals surface area contributed by atoms with Gasteiger partial charge in [-0.3, -0.25) is 14.9 Å². The molecule has 1 fully saturated rings. The maximum absolute atomic E-state index is 9.48. The van der Waals surface area contributed by atoms with Gasteiger partial charge in [0.25, 0.3) is 5.89 Å². The topological polar surface area (TPSA) is 126 Å². The molecule has 1 aliphatic rings. The van der Waals surface area contributed by atoms with Crippen molar-refractivity contribution in [3.8, 4) is 40.4 Å². The number of morpholine rings is 1. The first-order valence-corrected chi connectivity index (χ1v) is 12.6. The number of nitriles is 1. The van der Waals surface area contributed by atoms with Crippen LogP contribution in [0.2, 0.25) is 0 Å². The Morgan fingerprint density at radius 3 is 2.55 bits per heavy atom. The number of anilines is 1. The van der Waals surface area contributed by atoms with E-state index in [1.54, 1.807) is 12.4 Å². The Balaban J connectivity index is 1.30. The van der Waals surface area contributed by atoms with Crippen molar-refractivity contribution < 1.29 is 9.15 Å². The number of benzene rings is 1.